The lowest BCUT2D eigenvalue weighted by Gasteiger charge is -2.18. The number of benzene rings is 2. The van der Waals surface area contributed by atoms with E-state index in [1.807, 2.05) is 0 Å². The summed E-state index contributed by atoms with van der Waals surface area (Å²) in [5, 5.41) is 2.67. The van der Waals surface area contributed by atoms with Crippen molar-refractivity contribution < 1.29 is 22.8 Å². The Bertz CT molecular complexity index is 1090. The minimum absolute atomic E-state index is 0.142. The van der Waals surface area contributed by atoms with Crippen molar-refractivity contribution in [1.29, 1.82) is 0 Å². The van der Waals surface area contributed by atoms with Crippen molar-refractivity contribution in [2.75, 3.05) is 25.5 Å². The maximum atomic E-state index is 12.5. The number of carbonyl (C=O) groups excluding carboxylic acids is 3. The molecule has 0 aromatic heterocycles. The molecule has 0 atom stereocenters. The van der Waals surface area contributed by atoms with Crippen LogP contribution in [0.15, 0.2) is 47.4 Å². The predicted octanol–water partition coefficient (Wildman–Crippen LogP) is 2.20. The molecule has 1 aliphatic rings. The van der Waals surface area contributed by atoms with Gasteiger partial charge in [0.05, 0.1) is 16.0 Å². The lowest BCUT2D eigenvalue weighted by Crippen LogP contribution is -2.30. The first-order valence-corrected chi connectivity index (χ1v) is 10.5. The van der Waals surface area contributed by atoms with Gasteiger partial charge in [-0.25, -0.2) is 8.42 Å². The van der Waals surface area contributed by atoms with Crippen molar-refractivity contribution >= 4 is 33.4 Å². The van der Waals surface area contributed by atoms with Crippen LogP contribution < -0.4 is 5.32 Å². The summed E-state index contributed by atoms with van der Waals surface area (Å²) in [5.41, 5.74) is 1.08. The van der Waals surface area contributed by atoms with Crippen molar-refractivity contribution in [1.82, 2.24) is 9.21 Å². The number of hydrogen-bond donors (Lipinski definition) is 1. The molecule has 0 fully saturated rings. The molecule has 1 heterocycles. The molecule has 3 amide bonds. The van der Waals surface area contributed by atoms with E-state index in [0.29, 0.717) is 18.8 Å². The third-order valence-corrected chi connectivity index (χ3v) is 6.87. The summed E-state index contributed by atoms with van der Waals surface area (Å²) in [7, 11) is -2.19. The fourth-order valence-electron chi connectivity index (χ4n) is 3.13. The van der Waals surface area contributed by atoms with E-state index in [1.54, 1.807) is 13.8 Å². The highest BCUT2D eigenvalue weighted by molar-refractivity contribution is 7.89. The molecule has 2 aromatic carbocycles. The van der Waals surface area contributed by atoms with Crippen molar-refractivity contribution in [2.24, 2.45) is 0 Å². The van der Waals surface area contributed by atoms with Crippen LogP contribution in [0.25, 0.3) is 0 Å². The van der Waals surface area contributed by atoms with E-state index in [2.05, 4.69) is 5.32 Å². The summed E-state index contributed by atoms with van der Waals surface area (Å²) in [6.07, 6.45) is 0. The van der Waals surface area contributed by atoms with Crippen LogP contribution in [0.5, 0.6) is 0 Å². The summed E-state index contributed by atoms with van der Waals surface area (Å²) in [6.45, 7) is 4.27. The van der Waals surface area contributed by atoms with Gasteiger partial charge in [-0.3, -0.25) is 19.3 Å². The lowest BCUT2D eigenvalue weighted by atomic mass is 10.1. The van der Waals surface area contributed by atoms with E-state index in [-0.39, 0.29) is 21.6 Å². The van der Waals surface area contributed by atoms with Gasteiger partial charge in [0.2, 0.25) is 10.0 Å². The molecule has 1 aliphatic heterocycles. The first-order valence-electron chi connectivity index (χ1n) is 9.08. The summed E-state index contributed by atoms with van der Waals surface area (Å²) < 4.78 is 26.4. The standard InChI is InChI=1S/C20H21N3O5S/c1-4-23(5-2)29(27,28)15-9-7-14(8-10-15)21-18(24)13-6-11-16-17(12-13)20(26)22(3)19(16)25/h6-12H,4-5H2,1-3H3,(H,21,24). The normalized spacial score (nSPS) is 13.7. The van der Waals surface area contributed by atoms with Crippen LogP contribution in [0.4, 0.5) is 5.69 Å². The zero-order valence-corrected chi connectivity index (χ0v) is 17.1. The Morgan fingerprint density at radius 1 is 0.966 bits per heavy atom. The Kier molecular flexibility index (Phi) is 5.54. The molecular weight excluding hydrogens is 394 g/mol. The number of nitrogens with zero attached hydrogens (tertiary/aromatic N) is 2. The molecule has 0 spiro atoms. The second-order valence-electron chi connectivity index (χ2n) is 6.50. The minimum atomic E-state index is -3.58. The van der Waals surface area contributed by atoms with Crippen molar-refractivity contribution in [2.45, 2.75) is 18.7 Å². The van der Waals surface area contributed by atoms with Crippen LogP contribution in [0.3, 0.4) is 0 Å². The van der Waals surface area contributed by atoms with Gasteiger partial charge in [0.25, 0.3) is 17.7 Å². The molecule has 0 bridgehead atoms. The van der Waals surface area contributed by atoms with E-state index < -0.39 is 27.7 Å². The molecular formula is C20H21N3O5S. The fourth-order valence-corrected chi connectivity index (χ4v) is 4.59. The fraction of sp³-hybridized carbons (Fsp3) is 0.250. The summed E-state index contributed by atoms with van der Waals surface area (Å²) in [5.74, 6) is -1.32. The maximum absolute atomic E-state index is 12.5. The zero-order valence-electron chi connectivity index (χ0n) is 16.3. The number of nitrogens with one attached hydrogen (secondary N) is 1. The van der Waals surface area contributed by atoms with Gasteiger partial charge >= 0.3 is 0 Å². The van der Waals surface area contributed by atoms with Crippen LogP contribution in [-0.2, 0) is 10.0 Å². The van der Waals surface area contributed by atoms with Gasteiger partial charge in [-0.05, 0) is 42.5 Å². The van der Waals surface area contributed by atoms with E-state index in [0.717, 1.165) is 4.90 Å². The Labute approximate surface area is 169 Å². The number of anilines is 1. The zero-order chi connectivity index (χ0) is 21.3. The second kappa shape index (κ2) is 7.76. The molecule has 0 radical (unpaired) electrons. The molecule has 2 aromatic rings. The molecule has 9 heteroatoms. The lowest BCUT2D eigenvalue weighted by molar-refractivity contribution is 0.0693. The summed E-state index contributed by atoms with van der Waals surface area (Å²) in [6, 6.07) is 10.2. The predicted molar refractivity (Wildman–Crippen MR) is 107 cm³/mol. The molecule has 3 rings (SSSR count). The van der Waals surface area contributed by atoms with Crippen LogP contribution in [0.2, 0.25) is 0 Å². The first kappa shape index (κ1) is 20.7. The Morgan fingerprint density at radius 2 is 1.55 bits per heavy atom. The molecule has 1 N–H and O–H groups in total. The quantitative estimate of drug-likeness (QED) is 0.729. The summed E-state index contributed by atoms with van der Waals surface area (Å²) in [4.78, 5) is 37.7. The topological polar surface area (TPSA) is 104 Å². The highest BCUT2D eigenvalue weighted by Crippen LogP contribution is 2.24. The Morgan fingerprint density at radius 3 is 2.14 bits per heavy atom. The number of sulfonamides is 1. The molecule has 8 nitrogen and oxygen atoms in total. The molecule has 0 unspecified atom stereocenters. The van der Waals surface area contributed by atoms with Crippen LogP contribution in [-0.4, -0.2) is 55.5 Å². The van der Waals surface area contributed by atoms with Gasteiger partial charge in [-0.2, -0.15) is 4.31 Å². The van der Waals surface area contributed by atoms with Crippen LogP contribution in [0, 0.1) is 0 Å². The maximum Gasteiger partial charge on any atom is 0.261 e. The number of imide groups is 1. The van der Waals surface area contributed by atoms with Gasteiger partial charge in [-0.1, -0.05) is 13.8 Å². The van der Waals surface area contributed by atoms with Crippen LogP contribution in [0.1, 0.15) is 44.9 Å². The average molecular weight is 415 g/mol. The van der Waals surface area contributed by atoms with Crippen molar-refractivity contribution in [3.05, 3.63) is 59.2 Å². The molecule has 0 saturated heterocycles. The van der Waals surface area contributed by atoms with E-state index in [9.17, 15) is 22.8 Å². The number of amides is 3. The van der Waals surface area contributed by atoms with E-state index >= 15 is 0 Å². The minimum Gasteiger partial charge on any atom is -0.322 e. The first-order chi connectivity index (χ1) is 13.7. The molecule has 152 valence electrons. The van der Waals surface area contributed by atoms with Gasteiger partial charge in [-0.15, -0.1) is 0 Å². The monoisotopic (exact) mass is 415 g/mol. The van der Waals surface area contributed by atoms with Crippen LogP contribution >= 0.6 is 0 Å². The molecule has 0 saturated carbocycles. The SMILES string of the molecule is CCN(CC)S(=O)(=O)c1ccc(NC(=O)c2ccc3c(c2)C(=O)N(C)C3=O)cc1. The molecule has 0 aliphatic carbocycles. The van der Waals surface area contributed by atoms with Crippen molar-refractivity contribution in [3.8, 4) is 0 Å². The van der Waals surface area contributed by atoms with Gasteiger partial charge in [0.15, 0.2) is 0 Å². The number of rotatable bonds is 6. The highest BCUT2D eigenvalue weighted by Gasteiger charge is 2.33. The smallest absolute Gasteiger partial charge is 0.261 e. The second-order valence-corrected chi connectivity index (χ2v) is 8.44. The number of hydrogen-bond acceptors (Lipinski definition) is 5. The Hall–Kier alpha value is -3.04. The summed E-state index contributed by atoms with van der Waals surface area (Å²) >= 11 is 0. The average Bonchev–Trinajstić information content (AvgIpc) is 2.93. The highest BCUT2D eigenvalue weighted by atomic mass is 32.2. The third kappa shape index (κ3) is 3.66. The third-order valence-electron chi connectivity index (χ3n) is 4.81. The largest absolute Gasteiger partial charge is 0.322 e. The molecule has 29 heavy (non-hydrogen) atoms. The van der Waals surface area contributed by atoms with Gasteiger partial charge in [0, 0.05) is 31.4 Å². The number of fused-ring (bicyclic) bond motifs is 1. The van der Waals surface area contributed by atoms with Crippen molar-refractivity contribution in [3.63, 3.8) is 0 Å². The van der Waals surface area contributed by atoms with E-state index in [4.69, 9.17) is 0 Å². The van der Waals surface area contributed by atoms with Gasteiger partial charge < -0.3 is 5.32 Å². The van der Waals surface area contributed by atoms with Gasteiger partial charge in [0.1, 0.15) is 0 Å². The number of carbonyl (C=O) groups is 3. The Balaban J connectivity index is 1.79. The van der Waals surface area contributed by atoms with E-state index in [1.165, 1.54) is 53.8 Å².